The fourth-order valence-electron chi connectivity index (χ4n) is 4.81. The van der Waals surface area contributed by atoms with Gasteiger partial charge in [0.2, 0.25) is 5.91 Å². The number of hydrogen-bond acceptors (Lipinski definition) is 3. The predicted molar refractivity (Wildman–Crippen MR) is 134 cm³/mol. The lowest BCUT2D eigenvalue weighted by Gasteiger charge is -2.38. The molecule has 2 aromatic carbocycles. The van der Waals surface area contributed by atoms with E-state index in [1.54, 1.807) is 4.90 Å². The number of aromatic nitrogens is 1. The van der Waals surface area contributed by atoms with Crippen LogP contribution < -0.4 is 0 Å². The molecular formula is C27H30ClN3O2. The van der Waals surface area contributed by atoms with Gasteiger partial charge in [0.1, 0.15) is 0 Å². The van der Waals surface area contributed by atoms with E-state index in [9.17, 15) is 9.59 Å². The van der Waals surface area contributed by atoms with Crippen molar-refractivity contribution in [2.45, 2.75) is 26.4 Å². The number of carbonyl (C=O) groups excluding carboxylic acids is 2. The van der Waals surface area contributed by atoms with Crippen LogP contribution in [-0.2, 0) is 22.7 Å². The molecule has 0 N–H and O–H groups in total. The summed E-state index contributed by atoms with van der Waals surface area (Å²) >= 11 is 6.39. The third kappa shape index (κ3) is 4.75. The molecule has 0 radical (unpaired) electrons. The van der Waals surface area contributed by atoms with Gasteiger partial charge in [-0.05, 0) is 56.4 Å². The zero-order chi connectivity index (χ0) is 23.7. The quantitative estimate of drug-likeness (QED) is 0.445. The number of benzene rings is 2. The first kappa shape index (κ1) is 23.3. The molecule has 6 heteroatoms. The van der Waals surface area contributed by atoms with E-state index < -0.39 is 0 Å². The van der Waals surface area contributed by atoms with Gasteiger partial charge >= 0.3 is 0 Å². The second kappa shape index (κ2) is 9.54. The molecular weight excluding hydrogens is 434 g/mol. The largest absolute Gasteiger partial charge is 0.338 e. The molecule has 1 aliphatic rings. The molecule has 2 heterocycles. The highest BCUT2D eigenvalue weighted by Crippen LogP contribution is 2.38. The van der Waals surface area contributed by atoms with Crippen LogP contribution in [0.25, 0.3) is 22.0 Å². The van der Waals surface area contributed by atoms with Crippen LogP contribution in [-0.4, -0.2) is 53.2 Å². The average molecular weight is 464 g/mol. The van der Waals surface area contributed by atoms with Crippen molar-refractivity contribution >= 4 is 34.2 Å². The third-order valence-corrected chi connectivity index (χ3v) is 6.59. The summed E-state index contributed by atoms with van der Waals surface area (Å²) in [5.74, 6) is 0.330. The Bertz CT molecular complexity index is 1220. The number of likely N-dealkylation sites (tertiary alicyclic amines) is 1. The lowest BCUT2D eigenvalue weighted by Crippen LogP contribution is -2.50. The Morgan fingerprint density at radius 1 is 1.18 bits per heavy atom. The van der Waals surface area contributed by atoms with Crippen LogP contribution in [0.5, 0.6) is 0 Å². The average Bonchev–Trinajstić information content (AvgIpc) is 3.00. The van der Waals surface area contributed by atoms with E-state index in [1.165, 1.54) is 17.2 Å². The Kier molecular flexibility index (Phi) is 6.73. The number of carbonyl (C=O) groups is 2. The van der Waals surface area contributed by atoms with Gasteiger partial charge in [0.25, 0.3) is 0 Å². The van der Waals surface area contributed by atoms with Gasteiger partial charge in [-0.25, -0.2) is 0 Å². The Morgan fingerprint density at radius 3 is 2.61 bits per heavy atom. The van der Waals surface area contributed by atoms with Crippen molar-refractivity contribution in [1.29, 1.82) is 0 Å². The molecule has 0 aliphatic carbocycles. The first-order chi connectivity index (χ1) is 15.8. The number of amides is 1. The first-order valence-electron chi connectivity index (χ1n) is 11.2. The molecule has 0 saturated carbocycles. The fourth-order valence-corrected chi connectivity index (χ4v) is 4.98. The zero-order valence-electron chi connectivity index (χ0n) is 19.5. The number of ketones is 1. The number of fused-ring (bicyclic) bond motifs is 1. The van der Waals surface area contributed by atoms with Gasteiger partial charge in [0.05, 0.1) is 6.54 Å². The van der Waals surface area contributed by atoms with Crippen LogP contribution >= 0.6 is 11.6 Å². The highest BCUT2D eigenvalue weighted by atomic mass is 35.5. The summed E-state index contributed by atoms with van der Waals surface area (Å²) < 4.78 is 2.11. The van der Waals surface area contributed by atoms with Gasteiger partial charge in [-0.15, -0.1) is 0 Å². The smallest absolute Gasteiger partial charge is 0.245 e. The molecule has 3 aromatic rings. The van der Waals surface area contributed by atoms with Gasteiger partial charge in [0.15, 0.2) is 5.78 Å². The van der Waals surface area contributed by atoms with Crippen molar-refractivity contribution in [3.8, 4) is 11.1 Å². The molecule has 33 heavy (non-hydrogen) atoms. The van der Waals surface area contributed by atoms with Gasteiger partial charge in [0, 0.05) is 59.2 Å². The van der Waals surface area contributed by atoms with E-state index in [2.05, 4.69) is 61.3 Å². The van der Waals surface area contributed by atoms with E-state index in [0.717, 1.165) is 28.7 Å². The predicted octanol–water partition coefficient (Wildman–Crippen LogP) is 4.94. The maximum absolute atomic E-state index is 13.0. The summed E-state index contributed by atoms with van der Waals surface area (Å²) in [6.45, 7) is 7.99. The van der Waals surface area contributed by atoms with Crippen LogP contribution in [0.15, 0.2) is 55.1 Å². The molecule has 0 bridgehead atoms. The minimum Gasteiger partial charge on any atom is -0.338 e. The van der Waals surface area contributed by atoms with Crippen molar-refractivity contribution < 1.29 is 9.59 Å². The summed E-state index contributed by atoms with van der Waals surface area (Å²) in [6, 6.07) is 14.3. The van der Waals surface area contributed by atoms with Crippen molar-refractivity contribution in [3.05, 3.63) is 71.4 Å². The van der Waals surface area contributed by atoms with Gasteiger partial charge in [-0.2, -0.15) is 0 Å². The van der Waals surface area contributed by atoms with Gasteiger partial charge in [-0.3, -0.25) is 9.59 Å². The summed E-state index contributed by atoms with van der Waals surface area (Å²) in [5.41, 5.74) is 5.60. The Morgan fingerprint density at radius 2 is 1.91 bits per heavy atom. The van der Waals surface area contributed by atoms with Crippen LogP contribution in [0.2, 0.25) is 5.02 Å². The van der Waals surface area contributed by atoms with Crippen molar-refractivity contribution in [2.24, 2.45) is 5.92 Å². The highest BCUT2D eigenvalue weighted by Gasteiger charge is 2.31. The molecule has 0 unspecified atom stereocenters. The van der Waals surface area contributed by atoms with Crippen LogP contribution in [0.3, 0.4) is 0 Å². The SMILES string of the molecule is C=CC(=O)N1CC(CC(=O)Cn2c(C)c(-c3ccccc3CN(C)C)c3cc(Cl)ccc32)C1. The van der Waals surface area contributed by atoms with Crippen molar-refractivity contribution in [2.75, 3.05) is 27.2 Å². The molecule has 4 rings (SSSR count). The standard InChI is InChI=1S/C27H30ClN3O2/c1-5-26(33)30-14-19(15-30)12-22(32)17-31-18(2)27(24-13-21(28)10-11-25(24)31)23-9-7-6-8-20(23)16-29(3)4/h5-11,13,19H,1,12,14-17H2,2-4H3. The maximum Gasteiger partial charge on any atom is 0.245 e. The van der Waals surface area contributed by atoms with Crippen LogP contribution in [0.4, 0.5) is 0 Å². The zero-order valence-corrected chi connectivity index (χ0v) is 20.2. The van der Waals surface area contributed by atoms with E-state index >= 15 is 0 Å². The van der Waals surface area contributed by atoms with Crippen molar-refractivity contribution in [1.82, 2.24) is 14.4 Å². The Balaban J connectivity index is 1.66. The maximum atomic E-state index is 13.0. The number of Topliss-reactive ketones (excluding diaryl/α,β-unsaturated/α-hetero) is 1. The Hall–Kier alpha value is -2.89. The van der Waals surface area contributed by atoms with E-state index in [4.69, 9.17) is 11.6 Å². The topological polar surface area (TPSA) is 45.6 Å². The molecule has 0 atom stereocenters. The monoisotopic (exact) mass is 463 g/mol. The minimum absolute atomic E-state index is 0.0659. The molecule has 1 fully saturated rings. The summed E-state index contributed by atoms with van der Waals surface area (Å²) in [6.07, 6.45) is 1.80. The molecule has 1 saturated heterocycles. The number of halogens is 1. The molecule has 0 spiro atoms. The van der Waals surface area contributed by atoms with Gasteiger partial charge < -0.3 is 14.4 Å². The molecule has 172 valence electrons. The van der Waals surface area contributed by atoms with Crippen molar-refractivity contribution in [3.63, 3.8) is 0 Å². The third-order valence-electron chi connectivity index (χ3n) is 6.35. The summed E-state index contributed by atoms with van der Waals surface area (Å²) in [5, 5.41) is 1.74. The van der Waals surface area contributed by atoms with Crippen LogP contribution in [0.1, 0.15) is 17.7 Å². The van der Waals surface area contributed by atoms with E-state index in [0.29, 0.717) is 31.1 Å². The van der Waals surface area contributed by atoms with E-state index in [1.807, 2.05) is 18.2 Å². The molecule has 1 aliphatic heterocycles. The molecule has 1 aromatic heterocycles. The first-order valence-corrected chi connectivity index (χ1v) is 11.6. The fraction of sp³-hybridized carbons (Fsp3) is 0.333. The van der Waals surface area contributed by atoms with Gasteiger partial charge in [-0.1, -0.05) is 42.4 Å². The number of hydrogen-bond donors (Lipinski definition) is 0. The molecule has 1 amide bonds. The number of nitrogens with zero attached hydrogens (tertiary/aromatic N) is 3. The minimum atomic E-state index is -0.0659. The highest BCUT2D eigenvalue weighted by molar-refractivity contribution is 6.31. The van der Waals surface area contributed by atoms with Crippen LogP contribution in [0, 0.1) is 12.8 Å². The normalized spacial score (nSPS) is 14.0. The lowest BCUT2D eigenvalue weighted by molar-refractivity contribution is -0.134. The second-order valence-corrected chi connectivity index (χ2v) is 9.60. The number of rotatable bonds is 8. The summed E-state index contributed by atoms with van der Waals surface area (Å²) in [7, 11) is 4.12. The second-order valence-electron chi connectivity index (χ2n) is 9.16. The summed E-state index contributed by atoms with van der Waals surface area (Å²) in [4.78, 5) is 28.6. The molecule has 5 nitrogen and oxygen atoms in total. The lowest BCUT2D eigenvalue weighted by atomic mass is 9.94. The Labute approximate surface area is 200 Å². The van der Waals surface area contributed by atoms with E-state index in [-0.39, 0.29) is 17.6 Å².